The van der Waals surface area contributed by atoms with Gasteiger partial charge in [0.05, 0.1) is 0 Å². The molecule has 0 saturated carbocycles. The second kappa shape index (κ2) is 5.87. The summed E-state index contributed by atoms with van der Waals surface area (Å²) in [5, 5.41) is 3.13. The maximum Gasteiger partial charge on any atom is 0.220 e. The van der Waals surface area contributed by atoms with Crippen molar-refractivity contribution in [3.8, 4) is 0 Å². The molecule has 3 atom stereocenters. The van der Waals surface area contributed by atoms with Gasteiger partial charge in [-0.2, -0.15) is 0 Å². The molecule has 0 radical (unpaired) electrons. The molecule has 0 spiro atoms. The maximum atomic E-state index is 13.0. The van der Waals surface area contributed by atoms with E-state index in [0.29, 0.717) is 6.42 Å². The normalized spacial score (nSPS) is 29.1. The Labute approximate surface area is 123 Å². The molecule has 3 heteroatoms. The van der Waals surface area contributed by atoms with E-state index in [0.717, 1.165) is 12.8 Å². The van der Waals surface area contributed by atoms with E-state index in [1.807, 2.05) is 0 Å². The van der Waals surface area contributed by atoms with Crippen molar-refractivity contribution in [1.29, 1.82) is 0 Å². The van der Waals surface area contributed by atoms with Gasteiger partial charge in [-0.1, -0.05) is 54.9 Å². The van der Waals surface area contributed by atoms with Crippen molar-refractivity contribution in [3.05, 3.63) is 0 Å². The van der Waals surface area contributed by atoms with Gasteiger partial charge in [-0.3, -0.25) is 9.59 Å². The fraction of sp³-hybridized carbons (Fsp3) is 0.882. The Hall–Kier alpha value is -0.860. The summed E-state index contributed by atoms with van der Waals surface area (Å²) < 4.78 is 0. The molecule has 116 valence electrons. The van der Waals surface area contributed by atoms with Crippen LogP contribution in [0.15, 0.2) is 0 Å². The summed E-state index contributed by atoms with van der Waals surface area (Å²) in [5.74, 6) is 0.0724. The molecule has 1 fully saturated rings. The largest absolute Gasteiger partial charge is 0.352 e. The van der Waals surface area contributed by atoms with Crippen molar-refractivity contribution in [1.82, 2.24) is 5.32 Å². The molecule has 1 rings (SSSR count). The minimum atomic E-state index is -0.140. The van der Waals surface area contributed by atoms with Crippen LogP contribution in [-0.4, -0.2) is 17.7 Å². The van der Waals surface area contributed by atoms with Crippen LogP contribution in [0, 0.1) is 22.7 Å². The van der Waals surface area contributed by atoms with E-state index in [2.05, 4.69) is 53.8 Å². The van der Waals surface area contributed by atoms with Crippen LogP contribution in [0.1, 0.15) is 67.7 Å². The quantitative estimate of drug-likeness (QED) is 0.841. The highest BCUT2D eigenvalue weighted by atomic mass is 16.2. The van der Waals surface area contributed by atoms with Crippen molar-refractivity contribution in [2.75, 3.05) is 0 Å². The molecule has 1 aliphatic rings. The Morgan fingerprint density at radius 1 is 1.05 bits per heavy atom. The van der Waals surface area contributed by atoms with E-state index in [4.69, 9.17) is 0 Å². The van der Waals surface area contributed by atoms with Gasteiger partial charge in [0.2, 0.25) is 5.91 Å². The van der Waals surface area contributed by atoms with E-state index in [1.54, 1.807) is 0 Å². The van der Waals surface area contributed by atoms with Crippen LogP contribution in [0.5, 0.6) is 0 Å². The van der Waals surface area contributed by atoms with E-state index in [9.17, 15) is 9.59 Å². The second-order valence-corrected chi connectivity index (χ2v) is 8.35. The zero-order chi connectivity index (χ0) is 15.7. The van der Waals surface area contributed by atoms with Crippen LogP contribution < -0.4 is 5.32 Å². The predicted molar refractivity (Wildman–Crippen MR) is 82.4 cm³/mol. The summed E-state index contributed by atoms with van der Waals surface area (Å²) in [6.45, 7) is 14.7. The molecule has 1 saturated heterocycles. The topological polar surface area (TPSA) is 46.2 Å². The molecule has 3 nitrogen and oxygen atoms in total. The van der Waals surface area contributed by atoms with Gasteiger partial charge in [-0.25, -0.2) is 0 Å². The third kappa shape index (κ3) is 3.83. The first-order chi connectivity index (χ1) is 8.98. The van der Waals surface area contributed by atoms with Crippen LogP contribution in [0.25, 0.3) is 0 Å². The van der Waals surface area contributed by atoms with Crippen molar-refractivity contribution >= 4 is 11.7 Å². The predicted octanol–water partition coefficient (Wildman–Crippen LogP) is 3.57. The zero-order valence-electron chi connectivity index (χ0n) is 14.2. The van der Waals surface area contributed by atoms with Crippen LogP contribution in [0.2, 0.25) is 0 Å². The van der Waals surface area contributed by atoms with Gasteiger partial charge in [0, 0.05) is 24.3 Å². The molecule has 1 aliphatic heterocycles. The first-order valence-electron chi connectivity index (χ1n) is 7.81. The molecular weight excluding hydrogens is 250 g/mol. The lowest BCUT2D eigenvalue weighted by atomic mass is 9.65. The van der Waals surface area contributed by atoms with Gasteiger partial charge in [-0.05, 0) is 17.3 Å². The first-order valence-corrected chi connectivity index (χ1v) is 7.81. The van der Waals surface area contributed by atoms with Crippen LogP contribution in [0.3, 0.4) is 0 Å². The third-order valence-corrected chi connectivity index (χ3v) is 4.29. The number of rotatable bonds is 2. The van der Waals surface area contributed by atoms with Gasteiger partial charge >= 0.3 is 0 Å². The maximum absolute atomic E-state index is 13.0. The van der Waals surface area contributed by atoms with Gasteiger partial charge in [-0.15, -0.1) is 0 Å². The molecular formula is C17H31NO2. The van der Waals surface area contributed by atoms with Gasteiger partial charge in [0.15, 0.2) is 0 Å². The Morgan fingerprint density at radius 2 is 1.60 bits per heavy atom. The Balaban J connectivity index is 3.24. The van der Waals surface area contributed by atoms with Crippen LogP contribution >= 0.6 is 0 Å². The Morgan fingerprint density at radius 3 is 2.00 bits per heavy atom. The summed E-state index contributed by atoms with van der Waals surface area (Å²) in [5.41, 5.74) is -0.261. The molecule has 3 unspecified atom stereocenters. The lowest BCUT2D eigenvalue weighted by Crippen LogP contribution is -2.53. The smallest absolute Gasteiger partial charge is 0.220 e. The minimum absolute atomic E-state index is 0.0310. The molecule has 1 amide bonds. The third-order valence-electron chi connectivity index (χ3n) is 4.29. The fourth-order valence-corrected chi connectivity index (χ4v) is 3.29. The number of ketones is 1. The monoisotopic (exact) mass is 281 g/mol. The van der Waals surface area contributed by atoms with E-state index in [1.165, 1.54) is 0 Å². The summed E-state index contributed by atoms with van der Waals surface area (Å²) in [4.78, 5) is 25.2. The highest BCUT2D eigenvalue weighted by Crippen LogP contribution is 2.41. The van der Waals surface area contributed by atoms with Crippen molar-refractivity contribution < 1.29 is 9.59 Å². The Kier molecular flexibility index (Phi) is 5.04. The first kappa shape index (κ1) is 17.2. The van der Waals surface area contributed by atoms with Gasteiger partial charge in [0.1, 0.15) is 5.78 Å². The van der Waals surface area contributed by atoms with Gasteiger partial charge < -0.3 is 5.32 Å². The average Bonchev–Trinajstić information content (AvgIpc) is 2.35. The van der Waals surface area contributed by atoms with Crippen molar-refractivity contribution in [2.45, 2.75) is 73.8 Å². The Bertz CT molecular complexity index is 373. The van der Waals surface area contributed by atoms with E-state index in [-0.39, 0.29) is 40.4 Å². The summed E-state index contributed by atoms with van der Waals surface area (Å²) in [6.07, 6.45) is 2.11. The van der Waals surface area contributed by atoms with Crippen LogP contribution in [-0.2, 0) is 9.59 Å². The summed E-state index contributed by atoms with van der Waals surface area (Å²) in [7, 11) is 0. The molecule has 0 aromatic heterocycles. The van der Waals surface area contributed by atoms with E-state index >= 15 is 0 Å². The lowest BCUT2D eigenvalue weighted by molar-refractivity contribution is -0.132. The number of amides is 1. The standard InChI is InChI=1S/C17H31NO2/c1-8-9-11-10-12(19)18-15(17(5,6)7)13(14(11)20)16(2,3)4/h11,13,15H,8-10H2,1-7H3,(H,18,19). The minimum Gasteiger partial charge on any atom is -0.352 e. The van der Waals surface area contributed by atoms with Crippen LogP contribution in [0.4, 0.5) is 0 Å². The second-order valence-electron chi connectivity index (χ2n) is 8.35. The number of carbonyl (C=O) groups excluding carboxylic acids is 2. The SMILES string of the molecule is CCCC1CC(=O)NC(C(C)(C)C)C(C(C)(C)C)C1=O. The summed E-state index contributed by atoms with van der Waals surface area (Å²) in [6, 6.07) is -0.0932. The number of nitrogens with one attached hydrogen (secondary N) is 1. The lowest BCUT2D eigenvalue weighted by Gasteiger charge is -2.42. The van der Waals surface area contributed by atoms with E-state index < -0.39 is 0 Å². The fourth-order valence-electron chi connectivity index (χ4n) is 3.29. The molecule has 0 aromatic rings. The molecule has 0 bridgehead atoms. The average molecular weight is 281 g/mol. The van der Waals surface area contributed by atoms with Gasteiger partial charge in [0.25, 0.3) is 0 Å². The zero-order valence-corrected chi connectivity index (χ0v) is 14.2. The summed E-state index contributed by atoms with van der Waals surface area (Å²) >= 11 is 0. The molecule has 0 aliphatic carbocycles. The van der Waals surface area contributed by atoms with Crippen molar-refractivity contribution in [3.63, 3.8) is 0 Å². The number of hydrogen-bond acceptors (Lipinski definition) is 2. The number of hydrogen-bond donors (Lipinski definition) is 1. The molecule has 1 heterocycles. The van der Waals surface area contributed by atoms with Crippen molar-refractivity contribution in [2.24, 2.45) is 22.7 Å². The number of carbonyl (C=O) groups is 2. The molecule has 1 N–H and O–H groups in total. The number of Topliss-reactive ketones (excluding diaryl/α,β-unsaturated/α-hetero) is 1. The highest BCUT2D eigenvalue weighted by molar-refractivity contribution is 5.92. The molecule has 20 heavy (non-hydrogen) atoms. The highest BCUT2D eigenvalue weighted by Gasteiger charge is 2.47. The molecule has 0 aromatic carbocycles.